The SMILES string of the molecule is c1ccc2c(N3CCCCC3)nncc2c1. The van der Waals surface area contributed by atoms with E-state index in [9.17, 15) is 0 Å². The van der Waals surface area contributed by atoms with E-state index in [0.717, 1.165) is 18.9 Å². The Bertz CT molecular complexity index is 484. The summed E-state index contributed by atoms with van der Waals surface area (Å²) >= 11 is 0. The average Bonchev–Trinajstić information content (AvgIpc) is 2.39. The fourth-order valence-electron chi connectivity index (χ4n) is 2.35. The number of piperidine rings is 1. The molecule has 0 unspecified atom stereocenters. The number of fused-ring (bicyclic) bond motifs is 1. The zero-order valence-corrected chi connectivity index (χ0v) is 9.26. The molecular formula is C13H15N3. The molecule has 2 aromatic rings. The van der Waals surface area contributed by atoms with Gasteiger partial charge in [0.15, 0.2) is 5.82 Å². The monoisotopic (exact) mass is 213 g/mol. The minimum atomic E-state index is 1.05. The number of anilines is 1. The highest BCUT2D eigenvalue weighted by Crippen LogP contribution is 2.25. The quantitative estimate of drug-likeness (QED) is 0.729. The molecule has 1 aliphatic heterocycles. The zero-order chi connectivity index (χ0) is 10.8. The van der Waals surface area contributed by atoms with Gasteiger partial charge in [-0.25, -0.2) is 0 Å². The first-order valence-corrected chi connectivity index (χ1v) is 5.90. The Hall–Kier alpha value is -1.64. The first-order valence-electron chi connectivity index (χ1n) is 5.90. The summed E-state index contributed by atoms with van der Waals surface area (Å²) in [5.41, 5.74) is 0. The molecule has 82 valence electrons. The highest BCUT2D eigenvalue weighted by Gasteiger charge is 2.14. The van der Waals surface area contributed by atoms with Crippen molar-refractivity contribution in [2.24, 2.45) is 0 Å². The normalized spacial score (nSPS) is 16.6. The van der Waals surface area contributed by atoms with Crippen LogP contribution >= 0.6 is 0 Å². The first-order chi connectivity index (χ1) is 7.95. The number of nitrogens with zero attached hydrogens (tertiary/aromatic N) is 3. The predicted octanol–water partition coefficient (Wildman–Crippen LogP) is 2.62. The Balaban J connectivity index is 2.08. The second kappa shape index (κ2) is 4.08. The van der Waals surface area contributed by atoms with Crippen LogP contribution in [0.2, 0.25) is 0 Å². The summed E-state index contributed by atoms with van der Waals surface area (Å²) in [6.07, 6.45) is 5.72. The van der Waals surface area contributed by atoms with E-state index in [2.05, 4.69) is 33.3 Å². The molecular weight excluding hydrogens is 198 g/mol. The summed E-state index contributed by atoms with van der Waals surface area (Å²) in [5, 5.41) is 10.8. The molecule has 1 aliphatic rings. The zero-order valence-electron chi connectivity index (χ0n) is 9.26. The van der Waals surface area contributed by atoms with Crippen molar-refractivity contribution < 1.29 is 0 Å². The Labute approximate surface area is 95.1 Å². The topological polar surface area (TPSA) is 29.0 Å². The van der Waals surface area contributed by atoms with Gasteiger partial charge in [-0.3, -0.25) is 0 Å². The molecule has 3 heteroatoms. The van der Waals surface area contributed by atoms with Crippen molar-refractivity contribution >= 4 is 16.6 Å². The largest absolute Gasteiger partial charge is 0.355 e. The minimum Gasteiger partial charge on any atom is -0.355 e. The Morgan fingerprint density at radius 2 is 1.81 bits per heavy atom. The Morgan fingerprint density at radius 1 is 1.00 bits per heavy atom. The second-order valence-corrected chi connectivity index (χ2v) is 4.30. The molecule has 3 rings (SSSR count). The van der Waals surface area contributed by atoms with Crippen LogP contribution in [-0.2, 0) is 0 Å². The number of rotatable bonds is 1. The van der Waals surface area contributed by atoms with Crippen LogP contribution in [-0.4, -0.2) is 23.3 Å². The summed E-state index contributed by atoms with van der Waals surface area (Å²) < 4.78 is 0. The standard InChI is InChI=1S/C13H15N3/c1-4-8-16(9-5-1)13-12-7-3-2-6-11(12)10-14-15-13/h2-3,6-7,10H,1,4-5,8-9H2. The van der Waals surface area contributed by atoms with E-state index in [1.54, 1.807) is 0 Å². The molecule has 0 amide bonds. The van der Waals surface area contributed by atoms with Gasteiger partial charge in [0.1, 0.15) is 0 Å². The predicted molar refractivity (Wildman–Crippen MR) is 65.6 cm³/mol. The maximum atomic E-state index is 4.31. The lowest BCUT2D eigenvalue weighted by atomic mass is 10.1. The van der Waals surface area contributed by atoms with Gasteiger partial charge in [-0.2, -0.15) is 5.10 Å². The van der Waals surface area contributed by atoms with Gasteiger partial charge in [0.05, 0.1) is 6.20 Å². The lowest BCUT2D eigenvalue weighted by Gasteiger charge is -2.28. The first kappa shape index (κ1) is 9.58. The van der Waals surface area contributed by atoms with Gasteiger partial charge in [-0.05, 0) is 19.3 Å². The molecule has 0 atom stereocenters. The third kappa shape index (κ3) is 1.62. The van der Waals surface area contributed by atoms with E-state index < -0.39 is 0 Å². The summed E-state index contributed by atoms with van der Waals surface area (Å²) in [6.45, 7) is 2.23. The molecule has 2 heterocycles. The van der Waals surface area contributed by atoms with Crippen LogP contribution in [0.3, 0.4) is 0 Å². The number of aromatic nitrogens is 2. The van der Waals surface area contributed by atoms with Crippen LogP contribution in [0.25, 0.3) is 10.8 Å². The summed E-state index contributed by atoms with van der Waals surface area (Å²) in [4.78, 5) is 2.36. The van der Waals surface area contributed by atoms with E-state index >= 15 is 0 Å². The summed E-state index contributed by atoms with van der Waals surface area (Å²) in [6, 6.07) is 8.34. The van der Waals surface area contributed by atoms with Gasteiger partial charge in [-0.15, -0.1) is 5.10 Å². The lowest BCUT2D eigenvalue weighted by Crippen LogP contribution is -2.30. The summed E-state index contributed by atoms with van der Waals surface area (Å²) in [7, 11) is 0. The molecule has 0 aliphatic carbocycles. The van der Waals surface area contributed by atoms with Gasteiger partial charge >= 0.3 is 0 Å². The van der Waals surface area contributed by atoms with Crippen LogP contribution < -0.4 is 4.90 Å². The molecule has 0 radical (unpaired) electrons. The number of hydrogen-bond donors (Lipinski definition) is 0. The fraction of sp³-hybridized carbons (Fsp3) is 0.385. The third-order valence-electron chi connectivity index (χ3n) is 3.21. The van der Waals surface area contributed by atoms with Crippen LogP contribution in [0.5, 0.6) is 0 Å². The summed E-state index contributed by atoms with van der Waals surface area (Å²) in [5.74, 6) is 1.05. The van der Waals surface area contributed by atoms with E-state index in [0.29, 0.717) is 0 Å². The van der Waals surface area contributed by atoms with Crippen molar-refractivity contribution in [1.29, 1.82) is 0 Å². The van der Waals surface area contributed by atoms with E-state index in [1.165, 1.54) is 30.0 Å². The van der Waals surface area contributed by atoms with Crippen LogP contribution in [0.15, 0.2) is 30.5 Å². The number of benzene rings is 1. The van der Waals surface area contributed by atoms with Gasteiger partial charge in [0, 0.05) is 23.9 Å². The van der Waals surface area contributed by atoms with Crippen molar-refractivity contribution in [2.45, 2.75) is 19.3 Å². The molecule has 0 saturated carbocycles. The van der Waals surface area contributed by atoms with Crippen molar-refractivity contribution in [2.75, 3.05) is 18.0 Å². The van der Waals surface area contributed by atoms with Crippen LogP contribution in [0.4, 0.5) is 5.82 Å². The number of hydrogen-bond acceptors (Lipinski definition) is 3. The molecule has 1 aromatic heterocycles. The van der Waals surface area contributed by atoms with Crippen LogP contribution in [0.1, 0.15) is 19.3 Å². The maximum Gasteiger partial charge on any atom is 0.159 e. The van der Waals surface area contributed by atoms with Gasteiger partial charge in [0.2, 0.25) is 0 Å². The third-order valence-corrected chi connectivity index (χ3v) is 3.21. The van der Waals surface area contributed by atoms with Gasteiger partial charge in [-0.1, -0.05) is 24.3 Å². The van der Waals surface area contributed by atoms with Crippen molar-refractivity contribution in [3.8, 4) is 0 Å². The Kier molecular flexibility index (Phi) is 2.44. The fourth-order valence-corrected chi connectivity index (χ4v) is 2.35. The van der Waals surface area contributed by atoms with E-state index in [1.807, 2.05) is 12.3 Å². The maximum absolute atomic E-state index is 4.31. The van der Waals surface area contributed by atoms with Crippen LogP contribution in [0, 0.1) is 0 Å². The van der Waals surface area contributed by atoms with E-state index in [-0.39, 0.29) is 0 Å². The van der Waals surface area contributed by atoms with Gasteiger partial charge in [0.25, 0.3) is 0 Å². The smallest absolute Gasteiger partial charge is 0.159 e. The lowest BCUT2D eigenvalue weighted by molar-refractivity contribution is 0.573. The molecule has 1 aromatic carbocycles. The Morgan fingerprint density at radius 3 is 2.69 bits per heavy atom. The highest BCUT2D eigenvalue weighted by atomic mass is 15.3. The molecule has 0 N–H and O–H groups in total. The molecule has 3 nitrogen and oxygen atoms in total. The molecule has 0 spiro atoms. The second-order valence-electron chi connectivity index (χ2n) is 4.30. The highest BCUT2D eigenvalue weighted by molar-refractivity contribution is 5.91. The average molecular weight is 213 g/mol. The minimum absolute atomic E-state index is 1.05. The molecule has 0 bridgehead atoms. The van der Waals surface area contributed by atoms with E-state index in [4.69, 9.17) is 0 Å². The van der Waals surface area contributed by atoms with Crippen molar-refractivity contribution in [3.05, 3.63) is 30.5 Å². The van der Waals surface area contributed by atoms with Crippen molar-refractivity contribution in [1.82, 2.24) is 10.2 Å². The van der Waals surface area contributed by atoms with Crippen molar-refractivity contribution in [3.63, 3.8) is 0 Å². The molecule has 1 fully saturated rings. The van der Waals surface area contributed by atoms with Gasteiger partial charge < -0.3 is 4.90 Å². The molecule has 16 heavy (non-hydrogen) atoms. The molecule has 1 saturated heterocycles.